The van der Waals surface area contributed by atoms with Crippen LogP contribution in [0.1, 0.15) is 17.5 Å². The van der Waals surface area contributed by atoms with Crippen LogP contribution in [0.25, 0.3) is 10.9 Å². The van der Waals surface area contributed by atoms with E-state index < -0.39 is 0 Å². The highest BCUT2D eigenvalue weighted by molar-refractivity contribution is 5.89. The van der Waals surface area contributed by atoms with Gasteiger partial charge in [-0.25, -0.2) is 0 Å². The summed E-state index contributed by atoms with van der Waals surface area (Å²) in [5, 5.41) is 10.1. The van der Waals surface area contributed by atoms with Gasteiger partial charge in [0, 0.05) is 23.7 Å². The molecular formula is C18H19NO2. The summed E-state index contributed by atoms with van der Waals surface area (Å²) < 4.78 is 6.00. The van der Waals surface area contributed by atoms with Crippen LogP contribution < -0.4 is 4.74 Å². The predicted octanol–water partition coefficient (Wildman–Crippen LogP) is 3.67. The molecule has 0 spiro atoms. The van der Waals surface area contributed by atoms with Gasteiger partial charge < -0.3 is 14.8 Å². The summed E-state index contributed by atoms with van der Waals surface area (Å²) in [7, 11) is 0. The molecule has 0 atom stereocenters. The fourth-order valence-corrected chi connectivity index (χ4v) is 2.54. The largest absolute Gasteiger partial charge is 0.488 e. The number of benzene rings is 2. The van der Waals surface area contributed by atoms with E-state index in [2.05, 4.69) is 17.1 Å². The van der Waals surface area contributed by atoms with E-state index in [1.165, 1.54) is 5.56 Å². The van der Waals surface area contributed by atoms with Crippen LogP contribution in [-0.4, -0.2) is 16.7 Å². The minimum absolute atomic E-state index is 0.208. The second-order valence-corrected chi connectivity index (χ2v) is 5.09. The third kappa shape index (κ3) is 3.09. The van der Waals surface area contributed by atoms with Crippen molar-refractivity contribution in [1.29, 1.82) is 0 Å². The van der Waals surface area contributed by atoms with Gasteiger partial charge >= 0.3 is 0 Å². The number of aliphatic hydroxyl groups is 1. The first-order valence-corrected chi connectivity index (χ1v) is 7.25. The van der Waals surface area contributed by atoms with Crippen LogP contribution >= 0.6 is 0 Å². The summed E-state index contributed by atoms with van der Waals surface area (Å²) in [6, 6.07) is 16.2. The van der Waals surface area contributed by atoms with E-state index in [-0.39, 0.29) is 6.61 Å². The van der Waals surface area contributed by atoms with Crippen LogP contribution in [0.2, 0.25) is 0 Å². The van der Waals surface area contributed by atoms with Crippen LogP contribution in [-0.2, 0) is 13.0 Å². The van der Waals surface area contributed by atoms with Gasteiger partial charge in [-0.2, -0.15) is 0 Å². The molecular weight excluding hydrogens is 262 g/mol. The minimum atomic E-state index is 0.208. The van der Waals surface area contributed by atoms with Crippen molar-refractivity contribution in [2.45, 2.75) is 19.4 Å². The van der Waals surface area contributed by atoms with Crippen LogP contribution in [0.5, 0.6) is 5.75 Å². The number of aromatic nitrogens is 1. The van der Waals surface area contributed by atoms with Gasteiger partial charge in [0.2, 0.25) is 0 Å². The van der Waals surface area contributed by atoms with Gasteiger partial charge in [0.25, 0.3) is 0 Å². The molecule has 3 heteroatoms. The molecule has 21 heavy (non-hydrogen) atoms. The predicted molar refractivity (Wildman–Crippen MR) is 84.5 cm³/mol. The van der Waals surface area contributed by atoms with E-state index in [0.29, 0.717) is 6.61 Å². The van der Waals surface area contributed by atoms with Crippen molar-refractivity contribution in [3.05, 3.63) is 65.9 Å². The first kappa shape index (κ1) is 13.7. The summed E-state index contributed by atoms with van der Waals surface area (Å²) in [4.78, 5) is 3.27. The molecule has 0 unspecified atom stereocenters. The number of nitrogens with one attached hydrogen (secondary N) is 1. The third-order valence-electron chi connectivity index (χ3n) is 3.59. The lowest BCUT2D eigenvalue weighted by molar-refractivity contribution is 0.288. The van der Waals surface area contributed by atoms with Crippen molar-refractivity contribution < 1.29 is 9.84 Å². The number of rotatable bonds is 6. The van der Waals surface area contributed by atoms with Crippen molar-refractivity contribution in [3.8, 4) is 5.75 Å². The van der Waals surface area contributed by atoms with Crippen molar-refractivity contribution in [2.75, 3.05) is 6.61 Å². The molecule has 0 saturated carbocycles. The van der Waals surface area contributed by atoms with E-state index in [9.17, 15) is 0 Å². The number of hydrogen-bond donors (Lipinski definition) is 2. The average Bonchev–Trinajstić information content (AvgIpc) is 2.96. The first-order chi connectivity index (χ1) is 10.4. The average molecular weight is 281 g/mol. The Hall–Kier alpha value is -2.26. The van der Waals surface area contributed by atoms with Crippen molar-refractivity contribution in [3.63, 3.8) is 0 Å². The summed E-state index contributed by atoms with van der Waals surface area (Å²) >= 11 is 0. The maximum Gasteiger partial charge on any atom is 0.129 e. The van der Waals surface area contributed by atoms with Crippen LogP contribution in [0.15, 0.2) is 54.7 Å². The highest BCUT2D eigenvalue weighted by atomic mass is 16.5. The van der Waals surface area contributed by atoms with Gasteiger partial charge in [-0.05, 0) is 36.1 Å². The van der Waals surface area contributed by atoms with Crippen LogP contribution in [0, 0.1) is 0 Å². The quantitative estimate of drug-likeness (QED) is 0.724. The lowest BCUT2D eigenvalue weighted by Gasteiger charge is -2.09. The molecule has 0 amide bonds. The standard InChI is InChI=1S/C18H19NO2/c20-11-5-8-15-12-19-16-9-4-10-17(18(15)16)21-13-14-6-2-1-3-7-14/h1-4,6-7,9-10,12,19-20H,5,8,11,13H2. The monoisotopic (exact) mass is 281 g/mol. The lowest BCUT2D eigenvalue weighted by atomic mass is 10.1. The molecule has 0 aliphatic heterocycles. The summed E-state index contributed by atoms with van der Waals surface area (Å²) in [6.07, 6.45) is 3.62. The maximum atomic E-state index is 9.02. The Bertz CT molecular complexity index is 704. The van der Waals surface area contributed by atoms with E-state index in [4.69, 9.17) is 9.84 Å². The molecule has 0 radical (unpaired) electrons. The molecule has 108 valence electrons. The molecule has 1 aromatic heterocycles. The Kier molecular flexibility index (Phi) is 4.22. The van der Waals surface area contributed by atoms with Crippen molar-refractivity contribution in [2.24, 2.45) is 0 Å². The Balaban J connectivity index is 1.85. The van der Waals surface area contributed by atoms with Crippen LogP contribution in [0.4, 0.5) is 0 Å². The molecule has 0 saturated heterocycles. The van der Waals surface area contributed by atoms with Gasteiger partial charge in [-0.1, -0.05) is 36.4 Å². The number of fused-ring (bicyclic) bond motifs is 1. The Morgan fingerprint density at radius 3 is 2.67 bits per heavy atom. The molecule has 3 nitrogen and oxygen atoms in total. The second-order valence-electron chi connectivity index (χ2n) is 5.09. The number of ether oxygens (including phenoxy) is 1. The molecule has 3 rings (SSSR count). The van der Waals surface area contributed by atoms with E-state index in [1.54, 1.807) is 0 Å². The highest BCUT2D eigenvalue weighted by Crippen LogP contribution is 2.30. The molecule has 0 fully saturated rings. The zero-order valence-corrected chi connectivity index (χ0v) is 11.9. The van der Waals surface area contributed by atoms with E-state index >= 15 is 0 Å². The van der Waals surface area contributed by atoms with Crippen LogP contribution in [0.3, 0.4) is 0 Å². The Morgan fingerprint density at radius 2 is 1.86 bits per heavy atom. The van der Waals surface area contributed by atoms with Crippen molar-refractivity contribution in [1.82, 2.24) is 4.98 Å². The molecule has 2 aromatic carbocycles. The fourth-order valence-electron chi connectivity index (χ4n) is 2.54. The van der Waals surface area contributed by atoms with E-state index in [1.807, 2.05) is 42.6 Å². The molecule has 3 aromatic rings. The smallest absolute Gasteiger partial charge is 0.129 e. The number of aliphatic hydroxyl groups excluding tert-OH is 1. The summed E-state index contributed by atoms with van der Waals surface area (Å²) in [6.45, 7) is 0.768. The minimum Gasteiger partial charge on any atom is -0.488 e. The molecule has 0 aliphatic carbocycles. The van der Waals surface area contributed by atoms with Gasteiger partial charge in [0.05, 0.1) is 0 Å². The number of hydrogen-bond acceptors (Lipinski definition) is 2. The topological polar surface area (TPSA) is 45.2 Å². The first-order valence-electron chi connectivity index (χ1n) is 7.25. The SMILES string of the molecule is OCCCc1c[nH]c2cccc(OCc3ccccc3)c12. The molecule has 0 bridgehead atoms. The summed E-state index contributed by atoms with van der Waals surface area (Å²) in [5.41, 5.74) is 3.43. The summed E-state index contributed by atoms with van der Waals surface area (Å²) in [5.74, 6) is 0.894. The zero-order valence-electron chi connectivity index (χ0n) is 11.9. The second kappa shape index (κ2) is 6.46. The van der Waals surface area contributed by atoms with Gasteiger partial charge in [-0.15, -0.1) is 0 Å². The molecule has 0 aliphatic rings. The number of aromatic amines is 1. The highest BCUT2D eigenvalue weighted by Gasteiger charge is 2.09. The maximum absolute atomic E-state index is 9.02. The Labute approximate surface area is 124 Å². The Morgan fingerprint density at radius 1 is 1.00 bits per heavy atom. The number of aryl methyl sites for hydroxylation is 1. The lowest BCUT2D eigenvalue weighted by Crippen LogP contribution is -1.96. The zero-order chi connectivity index (χ0) is 14.5. The van der Waals surface area contributed by atoms with Gasteiger partial charge in [0.1, 0.15) is 12.4 Å². The molecule has 1 heterocycles. The van der Waals surface area contributed by atoms with Gasteiger partial charge in [0.15, 0.2) is 0 Å². The third-order valence-corrected chi connectivity index (χ3v) is 3.59. The van der Waals surface area contributed by atoms with Crippen molar-refractivity contribution >= 4 is 10.9 Å². The van der Waals surface area contributed by atoms with Gasteiger partial charge in [-0.3, -0.25) is 0 Å². The number of H-pyrrole nitrogens is 1. The normalized spacial score (nSPS) is 10.9. The van der Waals surface area contributed by atoms with E-state index in [0.717, 1.165) is 35.1 Å². The fraction of sp³-hybridized carbons (Fsp3) is 0.222. The molecule has 2 N–H and O–H groups in total.